The number of anilines is 1. The van der Waals surface area contributed by atoms with Crippen LogP contribution in [0.1, 0.15) is 38.7 Å². The lowest BCUT2D eigenvalue weighted by atomic mass is 9.92. The first-order valence-corrected chi connectivity index (χ1v) is 6.75. The molecule has 0 bridgehead atoms. The normalized spacial score (nSPS) is 21.9. The van der Waals surface area contributed by atoms with Crippen LogP contribution in [0.4, 0.5) is 5.69 Å². The van der Waals surface area contributed by atoms with E-state index in [2.05, 4.69) is 36.9 Å². The highest BCUT2D eigenvalue weighted by Crippen LogP contribution is 2.25. The lowest BCUT2D eigenvalue weighted by Gasteiger charge is -2.38. The number of piperidine rings is 1. The third-order valence-electron chi connectivity index (χ3n) is 3.77. The van der Waals surface area contributed by atoms with Crippen molar-refractivity contribution in [1.29, 1.82) is 0 Å². The third-order valence-corrected chi connectivity index (χ3v) is 3.77. The first-order valence-electron chi connectivity index (χ1n) is 6.75. The second-order valence-electron chi connectivity index (χ2n) is 5.52. The predicted molar refractivity (Wildman–Crippen MR) is 73.7 cm³/mol. The minimum Gasteiger partial charge on any atom is -0.399 e. The highest BCUT2D eigenvalue weighted by molar-refractivity contribution is 5.40. The quantitative estimate of drug-likeness (QED) is 0.810. The average molecular weight is 232 g/mol. The third kappa shape index (κ3) is 3.22. The Morgan fingerprint density at radius 3 is 2.88 bits per heavy atom. The van der Waals surface area contributed by atoms with E-state index in [1.165, 1.54) is 31.4 Å². The Bertz CT molecular complexity index is 360. The molecule has 1 atom stereocenters. The number of benzene rings is 1. The van der Waals surface area contributed by atoms with E-state index in [4.69, 9.17) is 5.73 Å². The standard InChI is InChI=1S/C15H24N2/c1-12(2)15-8-3-4-9-17(15)11-13-6-5-7-14(16)10-13/h5-7,10,12,15H,3-4,8-9,11,16H2,1-2H3. The molecule has 1 aromatic carbocycles. The smallest absolute Gasteiger partial charge is 0.0317 e. The minimum atomic E-state index is 0.741. The Hall–Kier alpha value is -1.02. The van der Waals surface area contributed by atoms with Crippen molar-refractivity contribution in [3.05, 3.63) is 29.8 Å². The molecule has 1 aromatic rings. The van der Waals surface area contributed by atoms with E-state index < -0.39 is 0 Å². The molecule has 1 aliphatic heterocycles. The van der Waals surface area contributed by atoms with Gasteiger partial charge in [0.15, 0.2) is 0 Å². The fraction of sp³-hybridized carbons (Fsp3) is 0.600. The van der Waals surface area contributed by atoms with Gasteiger partial charge >= 0.3 is 0 Å². The summed E-state index contributed by atoms with van der Waals surface area (Å²) in [6.07, 6.45) is 4.07. The summed E-state index contributed by atoms with van der Waals surface area (Å²) in [6.45, 7) is 6.95. The molecule has 1 heterocycles. The van der Waals surface area contributed by atoms with Gasteiger partial charge in [-0.3, -0.25) is 4.90 Å². The fourth-order valence-corrected chi connectivity index (χ4v) is 2.89. The number of rotatable bonds is 3. The molecule has 0 aliphatic carbocycles. The van der Waals surface area contributed by atoms with Crippen molar-refractivity contribution in [2.45, 2.75) is 45.7 Å². The van der Waals surface area contributed by atoms with Crippen molar-refractivity contribution in [3.63, 3.8) is 0 Å². The second kappa shape index (κ2) is 5.54. The van der Waals surface area contributed by atoms with E-state index >= 15 is 0 Å². The summed E-state index contributed by atoms with van der Waals surface area (Å²) in [6, 6.07) is 9.04. The molecule has 17 heavy (non-hydrogen) atoms. The van der Waals surface area contributed by atoms with Crippen molar-refractivity contribution in [2.75, 3.05) is 12.3 Å². The maximum absolute atomic E-state index is 5.84. The maximum atomic E-state index is 5.84. The SMILES string of the molecule is CC(C)C1CCCCN1Cc1cccc(N)c1. The van der Waals surface area contributed by atoms with E-state index in [1.807, 2.05) is 6.07 Å². The summed E-state index contributed by atoms with van der Waals surface area (Å²) < 4.78 is 0. The van der Waals surface area contributed by atoms with Gasteiger partial charge < -0.3 is 5.73 Å². The minimum absolute atomic E-state index is 0.741. The molecule has 0 aromatic heterocycles. The van der Waals surface area contributed by atoms with Gasteiger partial charge in [0.2, 0.25) is 0 Å². The van der Waals surface area contributed by atoms with Crippen LogP contribution in [0.15, 0.2) is 24.3 Å². The van der Waals surface area contributed by atoms with E-state index in [-0.39, 0.29) is 0 Å². The molecule has 1 fully saturated rings. The van der Waals surface area contributed by atoms with Crippen LogP contribution >= 0.6 is 0 Å². The first kappa shape index (κ1) is 12.4. The van der Waals surface area contributed by atoms with E-state index in [0.717, 1.165) is 24.2 Å². The van der Waals surface area contributed by atoms with Crippen molar-refractivity contribution in [1.82, 2.24) is 4.90 Å². The van der Waals surface area contributed by atoms with Crippen LogP contribution in [0.3, 0.4) is 0 Å². The fourth-order valence-electron chi connectivity index (χ4n) is 2.89. The molecular formula is C15H24N2. The Labute approximate surface area is 105 Å². The molecule has 94 valence electrons. The van der Waals surface area contributed by atoms with Crippen LogP contribution in [0.2, 0.25) is 0 Å². The molecule has 2 rings (SSSR count). The first-order chi connectivity index (χ1) is 8.16. The van der Waals surface area contributed by atoms with Gasteiger partial charge in [0.05, 0.1) is 0 Å². The summed E-state index contributed by atoms with van der Waals surface area (Å²) in [5, 5.41) is 0. The van der Waals surface area contributed by atoms with Gasteiger partial charge in [0.1, 0.15) is 0 Å². The van der Waals surface area contributed by atoms with Gasteiger partial charge in [0, 0.05) is 18.3 Å². The monoisotopic (exact) mass is 232 g/mol. The molecule has 2 nitrogen and oxygen atoms in total. The highest BCUT2D eigenvalue weighted by atomic mass is 15.2. The second-order valence-corrected chi connectivity index (χ2v) is 5.52. The molecule has 1 saturated heterocycles. The summed E-state index contributed by atoms with van der Waals surface area (Å²) in [5.41, 5.74) is 8.06. The number of nitrogen functional groups attached to an aromatic ring is 1. The summed E-state index contributed by atoms with van der Waals surface area (Å²) in [4.78, 5) is 2.63. The molecule has 0 saturated carbocycles. The van der Waals surface area contributed by atoms with Crippen molar-refractivity contribution in [3.8, 4) is 0 Å². The van der Waals surface area contributed by atoms with E-state index in [0.29, 0.717) is 0 Å². The number of hydrogen-bond acceptors (Lipinski definition) is 2. The van der Waals surface area contributed by atoms with Crippen LogP contribution in [0.5, 0.6) is 0 Å². The van der Waals surface area contributed by atoms with Gasteiger partial charge in [-0.25, -0.2) is 0 Å². The zero-order chi connectivity index (χ0) is 12.3. The Balaban J connectivity index is 2.05. The van der Waals surface area contributed by atoms with E-state index in [9.17, 15) is 0 Å². The zero-order valence-electron chi connectivity index (χ0n) is 11.0. The van der Waals surface area contributed by atoms with Crippen LogP contribution < -0.4 is 5.73 Å². The van der Waals surface area contributed by atoms with Crippen LogP contribution in [-0.2, 0) is 6.54 Å². The lowest BCUT2D eigenvalue weighted by molar-refractivity contribution is 0.104. The summed E-state index contributed by atoms with van der Waals surface area (Å²) in [7, 11) is 0. The summed E-state index contributed by atoms with van der Waals surface area (Å²) in [5.74, 6) is 0.747. The number of nitrogens with two attached hydrogens (primary N) is 1. The Kier molecular flexibility index (Phi) is 4.06. The molecule has 0 radical (unpaired) electrons. The predicted octanol–water partition coefficient (Wildman–Crippen LogP) is 3.28. The van der Waals surface area contributed by atoms with Gasteiger partial charge in [0.25, 0.3) is 0 Å². The average Bonchev–Trinajstić information content (AvgIpc) is 2.29. The number of hydrogen-bond donors (Lipinski definition) is 1. The van der Waals surface area contributed by atoms with Crippen molar-refractivity contribution >= 4 is 5.69 Å². The largest absolute Gasteiger partial charge is 0.399 e. The molecular weight excluding hydrogens is 208 g/mol. The van der Waals surface area contributed by atoms with Gasteiger partial charge in [-0.2, -0.15) is 0 Å². The molecule has 1 unspecified atom stereocenters. The van der Waals surface area contributed by atoms with Gasteiger partial charge in [-0.15, -0.1) is 0 Å². The Morgan fingerprint density at radius 2 is 2.18 bits per heavy atom. The number of likely N-dealkylation sites (tertiary alicyclic amines) is 1. The lowest BCUT2D eigenvalue weighted by Crippen LogP contribution is -2.42. The molecule has 2 heteroatoms. The highest BCUT2D eigenvalue weighted by Gasteiger charge is 2.24. The molecule has 0 amide bonds. The summed E-state index contributed by atoms with van der Waals surface area (Å²) >= 11 is 0. The number of nitrogens with zero attached hydrogens (tertiary/aromatic N) is 1. The Morgan fingerprint density at radius 1 is 1.35 bits per heavy atom. The molecule has 1 aliphatic rings. The topological polar surface area (TPSA) is 29.3 Å². The van der Waals surface area contributed by atoms with Crippen LogP contribution in [0, 0.1) is 5.92 Å². The van der Waals surface area contributed by atoms with Crippen LogP contribution in [0.25, 0.3) is 0 Å². The zero-order valence-corrected chi connectivity index (χ0v) is 11.0. The maximum Gasteiger partial charge on any atom is 0.0317 e. The van der Waals surface area contributed by atoms with Gasteiger partial charge in [-0.1, -0.05) is 32.4 Å². The van der Waals surface area contributed by atoms with Crippen molar-refractivity contribution < 1.29 is 0 Å². The van der Waals surface area contributed by atoms with Crippen molar-refractivity contribution in [2.24, 2.45) is 5.92 Å². The van der Waals surface area contributed by atoms with Crippen LogP contribution in [-0.4, -0.2) is 17.5 Å². The molecule has 0 spiro atoms. The van der Waals surface area contributed by atoms with E-state index in [1.54, 1.807) is 0 Å². The molecule has 2 N–H and O–H groups in total. The van der Waals surface area contributed by atoms with Gasteiger partial charge in [-0.05, 0) is 43.0 Å².